The maximum absolute atomic E-state index is 12.7. The van der Waals surface area contributed by atoms with Gasteiger partial charge in [-0.15, -0.1) is 0 Å². The predicted octanol–water partition coefficient (Wildman–Crippen LogP) is 4.79. The molecule has 0 atom stereocenters. The van der Waals surface area contributed by atoms with Crippen LogP contribution >= 0.6 is 15.9 Å². The van der Waals surface area contributed by atoms with Gasteiger partial charge < -0.3 is 14.9 Å². The molecule has 0 radical (unpaired) electrons. The van der Waals surface area contributed by atoms with Crippen LogP contribution < -0.4 is 4.90 Å². The number of aromatic carboxylic acids is 1. The highest BCUT2D eigenvalue weighted by Gasteiger charge is 2.25. The molecule has 2 aromatic rings. The van der Waals surface area contributed by atoms with E-state index in [1.807, 2.05) is 0 Å². The molecule has 6 nitrogen and oxygen atoms in total. The topological polar surface area (TPSA) is 87.1 Å². The van der Waals surface area contributed by atoms with E-state index >= 15 is 0 Å². The van der Waals surface area contributed by atoms with E-state index in [4.69, 9.17) is 9.84 Å². The van der Waals surface area contributed by atoms with Crippen molar-refractivity contribution in [1.82, 2.24) is 0 Å². The zero-order valence-electron chi connectivity index (χ0n) is 14.7. The Morgan fingerprint density at radius 3 is 2.27 bits per heavy atom. The van der Waals surface area contributed by atoms with Crippen molar-refractivity contribution < 1.29 is 24.5 Å². The molecule has 0 spiro atoms. The highest BCUT2D eigenvalue weighted by molar-refractivity contribution is 9.10. The summed E-state index contributed by atoms with van der Waals surface area (Å²) in [6, 6.07) is 11.0. The molecule has 2 N–H and O–H groups in total. The van der Waals surface area contributed by atoms with Crippen LogP contribution in [0.1, 0.15) is 36.7 Å². The predicted molar refractivity (Wildman–Crippen MR) is 102 cm³/mol. The minimum Gasteiger partial charge on any atom is -0.506 e. The lowest BCUT2D eigenvalue weighted by molar-refractivity contribution is 0.0577. The second-order valence-electron chi connectivity index (χ2n) is 6.67. The van der Waals surface area contributed by atoms with Gasteiger partial charge in [-0.1, -0.05) is 12.1 Å². The van der Waals surface area contributed by atoms with Crippen molar-refractivity contribution >= 4 is 33.7 Å². The van der Waals surface area contributed by atoms with Crippen molar-refractivity contribution in [2.24, 2.45) is 0 Å². The summed E-state index contributed by atoms with van der Waals surface area (Å²) in [6.45, 7) is 5.33. The molecule has 0 bridgehead atoms. The SMILES string of the molecule is CC(C)(C)OC(=O)N(Cc1cccc(Br)c1O)c1ccc(C(=O)O)cc1. The summed E-state index contributed by atoms with van der Waals surface area (Å²) in [4.78, 5) is 25.1. The van der Waals surface area contributed by atoms with Gasteiger partial charge in [0.15, 0.2) is 0 Å². The number of anilines is 1. The Kier molecular flexibility index (Phi) is 5.92. The molecule has 138 valence electrons. The lowest BCUT2D eigenvalue weighted by Crippen LogP contribution is -2.36. The molecule has 0 aliphatic rings. The molecular weight excluding hydrogens is 402 g/mol. The Morgan fingerprint density at radius 1 is 1.12 bits per heavy atom. The third-order valence-electron chi connectivity index (χ3n) is 3.44. The number of hydrogen-bond acceptors (Lipinski definition) is 4. The zero-order valence-corrected chi connectivity index (χ0v) is 16.3. The number of phenols is 1. The summed E-state index contributed by atoms with van der Waals surface area (Å²) < 4.78 is 5.97. The maximum atomic E-state index is 12.7. The number of carboxylic acid groups (broad SMARTS) is 1. The first kappa shape index (κ1) is 19.8. The van der Waals surface area contributed by atoms with Gasteiger partial charge in [-0.05, 0) is 67.0 Å². The molecule has 0 saturated heterocycles. The molecule has 1 amide bonds. The molecule has 0 saturated carbocycles. The number of carbonyl (C=O) groups excluding carboxylic acids is 1. The van der Waals surface area contributed by atoms with Crippen LogP contribution in [-0.2, 0) is 11.3 Å². The second-order valence-corrected chi connectivity index (χ2v) is 7.52. The number of carboxylic acids is 1. The third-order valence-corrected chi connectivity index (χ3v) is 4.08. The molecular formula is C19H20BrNO5. The van der Waals surface area contributed by atoms with E-state index in [2.05, 4.69) is 15.9 Å². The number of rotatable bonds is 4. The van der Waals surface area contributed by atoms with Crippen molar-refractivity contribution in [1.29, 1.82) is 0 Å². The van der Waals surface area contributed by atoms with Gasteiger partial charge in [-0.3, -0.25) is 4.90 Å². The molecule has 0 aromatic heterocycles. The maximum Gasteiger partial charge on any atom is 0.415 e. The Bertz CT molecular complexity index is 812. The number of aromatic hydroxyl groups is 1. The summed E-state index contributed by atoms with van der Waals surface area (Å²) in [7, 11) is 0. The fourth-order valence-corrected chi connectivity index (χ4v) is 2.63. The number of phenolic OH excluding ortho intramolecular Hbond substituents is 1. The number of hydrogen-bond donors (Lipinski definition) is 2. The van der Waals surface area contributed by atoms with Crippen molar-refractivity contribution in [3.05, 3.63) is 58.1 Å². The van der Waals surface area contributed by atoms with Crippen molar-refractivity contribution in [2.45, 2.75) is 32.9 Å². The van der Waals surface area contributed by atoms with Crippen LogP contribution in [0.3, 0.4) is 0 Å². The van der Waals surface area contributed by atoms with Gasteiger partial charge in [0.25, 0.3) is 0 Å². The molecule has 0 heterocycles. The van der Waals surface area contributed by atoms with Crippen LogP contribution in [0.2, 0.25) is 0 Å². The number of nitrogens with zero attached hydrogens (tertiary/aromatic N) is 1. The molecule has 2 rings (SSSR count). The molecule has 0 aliphatic carbocycles. The number of ether oxygens (including phenoxy) is 1. The molecule has 0 aliphatic heterocycles. The first-order chi connectivity index (χ1) is 12.1. The van der Waals surface area contributed by atoms with Gasteiger partial charge in [-0.2, -0.15) is 0 Å². The van der Waals surface area contributed by atoms with Crippen LogP contribution in [-0.4, -0.2) is 27.9 Å². The van der Waals surface area contributed by atoms with Crippen LogP contribution in [0.15, 0.2) is 46.9 Å². The zero-order chi connectivity index (χ0) is 19.5. The molecule has 7 heteroatoms. The first-order valence-electron chi connectivity index (χ1n) is 7.89. The first-order valence-corrected chi connectivity index (χ1v) is 8.68. The Morgan fingerprint density at radius 2 is 1.73 bits per heavy atom. The quantitative estimate of drug-likeness (QED) is 0.740. The fraction of sp³-hybridized carbons (Fsp3) is 0.263. The number of halogens is 1. The molecule has 2 aromatic carbocycles. The van der Waals surface area contributed by atoms with Gasteiger partial charge >= 0.3 is 12.1 Å². The Balaban J connectivity index is 2.39. The fourth-order valence-electron chi connectivity index (χ4n) is 2.22. The van der Waals surface area contributed by atoms with Gasteiger partial charge in [0.2, 0.25) is 0 Å². The van der Waals surface area contributed by atoms with Crippen LogP contribution in [0, 0.1) is 0 Å². The highest BCUT2D eigenvalue weighted by Crippen LogP contribution is 2.30. The average Bonchev–Trinajstić information content (AvgIpc) is 2.54. The van der Waals surface area contributed by atoms with Crippen LogP contribution in [0.4, 0.5) is 10.5 Å². The van der Waals surface area contributed by atoms with E-state index in [0.29, 0.717) is 15.7 Å². The number of carbonyl (C=O) groups is 2. The largest absolute Gasteiger partial charge is 0.506 e. The lowest BCUT2D eigenvalue weighted by atomic mass is 10.1. The van der Waals surface area contributed by atoms with Gasteiger partial charge in [0.1, 0.15) is 11.4 Å². The Hall–Kier alpha value is -2.54. The van der Waals surface area contributed by atoms with E-state index in [1.54, 1.807) is 39.0 Å². The Labute approximate surface area is 160 Å². The van der Waals surface area contributed by atoms with Crippen LogP contribution in [0.25, 0.3) is 0 Å². The third kappa shape index (κ3) is 4.98. The van der Waals surface area contributed by atoms with Crippen LogP contribution in [0.5, 0.6) is 5.75 Å². The molecule has 0 unspecified atom stereocenters. The van der Waals surface area contributed by atoms with Crippen molar-refractivity contribution in [3.63, 3.8) is 0 Å². The van der Waals surface area contributed by atoms with E-state index in [1.165, 1.54) is 29.2 Å². The number of para-hydroxylation sites is 1. The number of amides is 1. The number of benzene rings is 2. The normalized spacial score (nSPS) is 11.1. The second kappa shape index (κ2) is 7.78. The smallest absolute Gasteiger partial charge is 0.415 e. The van der Waals surface area contributed by atoms with Crippen molar-refractivity contribution in [3.8, 4) is 5.75 Å². The summed E-state index contributed by atoms with van der Waals surface area (Å²) >= 11 is 3.25. The summed E-state index contributed by atoms with van der Waals surface area (Å²) in [5.74, 6) is -1.02. The van der Waals surface area contributed by atoms with Gasteiger partial charge in [-0.25, -0.2) is 9.59 Å². The average molecular weight is 422 g/mol. The highest BCUT2D eigenvalue weighted by atomic mass is 79.9. The van der Waals surface area contributed by atoms with E-state index in [9.17, 15) is 14.7 Å². The van der Waals surface area contributed by atoms with E-state index in [0.717, 1.165) is 0 Å². The minimum absolute atomic E-state index is 0.0308. The molecule has 26 heavy (non-hydrogen) atoms. The summed E-state index contributed by atoms with van der Waals surface area (Å²) in [5.41, 5.74) is 0.398. The standard InChI is InChI=1S/C19H20BrNO5/c1-19(2,3)26-18(25)21(11-13-5-4-6-15(20)16(13)22)14-9-7-12(8-10-14)17(23)24/h4-10,22H,11H2,1-3H3,(H,23,24). The van der Waals surface area contributed by atoms with Gasteiger partial charge in [0, 0.05) is 11.3 Å². The summed E-state index contributed by atoms with van der Waals surface area (Å²) in [5, 5.41) is 19.3. The minimum atomic E-state index is -1.05. The summed E-state index contributed by atoms with van der Waals surface area (Å²) in [6.07, 6.45) is -0.597. The monoisotopic (exact) mass is 421 g/mol. The molecule has 0 fully saturated rings. The van der Waals surface area contributed by atoms with Gasteiger partial charge in [0.05, 0.1) is 16.6 Å². The van der Waals surface area contributed by atoms with E-state index in [-0.39, 0.29) is 17.9 Å². The van der Waals surface area contributed by atoms with Crippen molar-refractivity contribution in [2.75, 3.05) is 4.90 Å². The van der Waals surface area contributed by atoms with E-state index < -0.39 is 17.7 Å². The lowest BCUT2D eigenvalue weighted by Gasteiger charge is -2.28.